The molecule has 0 spiro atoms. The highest BCUT2D eigenvalue weighted by Crippen LogP contribution is 2.30. The summed E-state index contributed by atoms with van der Waals surface area (Å²) in [5.74, 6) is -0.951. The second-order valence-electron chi connectivity index (χ2n) is 6.22. The van der Waals surface area contributed by atoms with Gasteiger partial charge in [0.15, 0.2) is 5.79 Å². The van der Waals surface area contributed by atoms with Crippen LogP contribution in [0, 0.1) is 0 Å². The van der Waals surface area contributed by atoms with E-state index in [1.807, 2.05) is 44.2 Å². The average molecular weight is 322 g/mol. The molecule has 0 bridgehead atoms. The maximum absolute atomic E-state index is 11.4. The van der Waals surface area contributed by atoms with Crippen molar-refractivity contribution in [3.05, 3.63) is 35.9 Å². The fraction of sp³-hybridized carbons (Fsp3) is 0.611. The molecule has 0 aliphatic carbocycles. The molecule has 5 heteroatoms. The molecule has 23 heavy (non-hydrogen) atoms. The van der Waals surface area contributed by atoms with E-state index < -0.39 is 5.79 Å². The minimum Gasteiger partial charge on any atom is -0.469 e. The lowest BCUT2D eigenvalue weighted by Crippen LogP contribution is -2.45. The highest BCUT2D eigenvalue weighted by Gasteiger charge is 2.36. The Kier molecular flexibility index (Phi) is 6.57. The van der Waals surface area contributed by atoms with E-state index in [1.54, 1.807) is 0 Å². The number of carbonyl (C=O) groups is 1. The van der Waals surface area contributed by atoms with Crippen molar-refractivity contribution in [3.8, 4) is 0 Å². The fourth-order valence-electron chi connectivity index (χ4n) is 2.77. The van der Waals surface area contributed by atoms with Gasteiger partial charge >= 0.3 is 5.97 Å². The molecule has 1 aromatic carbocycles. The molecule has 5 nitrogen and oxygen atoms in total. The van der Waals surface area contributed by atoms with Gasteiger partial charge in [-0.2, -0.15) is 0 Å². The molecule has 1 aromatic rings. The van der Waals surface area contributed by atoms with Gasteiger partial charge in [-0.25, -0.2) is 0 Å². The first-order valence-corrected chi connectivity index (χ1v) is 8.02. The van der Waals surface area contributed by atoms with Crippen molar-refractivity contribution in [2.75, 3.05) is 13.7 Å². The van der Waals surface area contributed by atoms with Crippen LogP contribution in [0.5, 0.6) is 0 Å². The van der Waals surface area contributed by atoms with Gasteiger partial charge in [0.2, 0.25) is 0 Å². The number of esters is 1. The topological polar surface area (TPSA) is 54.0 Å². The van der Waals surface area contributed by atoms with Crippen LogP contribution in [0.2, 0.25) is 0 Å². The van der Waals surface area contributed by atoms with E-state index in [-0.39, 0.29) is 24.6 Å². The predicted octanol–water partition coefficient (Wildman–Crippen LogP) is 3.07. The van der Waals surface area contributed by atoms with E-state index in [2.05, 4.69) is 0 Å². The average Bonchev–Trinajstić information content (AvgIpc) is 2.51. The van der Waals surface area contributed by atoms with E-state index in [0.29, 0.717) is 19.6 Å². The standard InChI is InChI=1S/C18H26O5/c1-18(2)22-15(11-16(23-18)12-17(19)20-3)9-10-21-13-14-7-5-4-6-8-14/h4-8,15-16H,9-13H2,1-3H3/t15-,16-/m1/s1. The number of rotatable bonds is 7. The lowest BCUT2D eigenvalue weighted by atomic mass is 10.0. The molecule has 2 atom stereocenters. The second kappa shape index (κ2) is 8.43. The summed E-state index contributed by atoms with van der Waals surface area (Å²) in [4.78, 5) is 11.4. The van der Waals surface area contributed by atoms with Gasteiger partial charge in [-0.3, -0.25) is 4.79 Å². The summed E-state index contributed by atoms with van der Waals surface area (Å²) in [6, 6.07) is 10.1. The van der Waals surface area contributed by atoms with E-state index in [0.717, 1.165) is 12.0 Å². The van der Waals surface area contributed by atoms with E-state index in [1.165, 1.54) is 7.11 Å². The molecule has 1 heterocycles. The van der Waals surface area contributed by atoms with Gasteiger partial charge in [-0.1, -0.05) is 30.3 Å². The van der Waals surface area contributed by atoms with Crippen LogP contribution in [0.4, 0.5) is 0 Å². The van der Waals surface area contributed by atoms with Crippen LogP contribution in [-0.4, -0.2) is 37.7 Å². The number of ether oxygens (including phenoxy) is 4. The summed E-state index contributed by atoms with van der Waals surface area (Å²) in [6.07, 6.45) is 1.55. The van der Waals surface area contributed by atoms with Crippen molar-refractivity contribution < 1.29 is 23.7 Å². The molecule has 1 fully saturated rings. The third kappa shape index (κ3) is 6.29. The van der Waals surface area contributed by atoms with Crippen LogP contribution in [0.25, 0.3) is 0 Å². The molecule has 1 saturated heterocycles. The second-order valence-corrected chi connectivity index (χ2v) is 6.22. The fourth-order valence-corrected chi connectivity index (χ4v) is 2.77. The largest absolute Gasteiger partial charge is 0.469 e. The minimum atomic E-state index is -0.693. The van der Waals surface area contributed by atoms with E-state index in [4.69, 9.17) is 18.9 Å². The smallest absolute Gasteiger partial charge is 0.308 e. The predicted molar refractivity (Wildman–Crippen MR) is 85.8 cm³/mol. The zero-order valence-corrected chi connectivity index (χ0v) is 14.1. The Morgan fingerprint density at radius 1 is 1.22 bits per heavy atom. The summed E-state index contributed by atoms with van der Waals surface area (Å²) in [5, 5.41) is 0. The third-order valence-corrected chi connectivity index (χ3v) is 3.74. The molecule has 2 rings (SSSR count). The van der Waals surface area contributed by atoms with Crippen LogP contribution < -0.4 is 0 Å². The molecule has 0 saturated carbocycles. The lowest BCUT2D eigenvalue weighted by molar-refractivity contribution is -0.301. The first-order valence-electron chi connectivity index (χ1n) is 8.02. The van der Waals surface area contributed by atoms with Crippen LogP contribution in [0.15, 0.2) is 30.3 Å². The molecule has 0 unspecified atom stereocenters. The number of benzene rings is 1. The van der Waals surface area contributed by atoms with Crippen molar-refractivity contribution in [1.82, 2.24) is 0 Å². The highest BCUT2D eigenvalue weighted by molar-refractivity contribution is 5.69. The molecule has 0 radical (unpaired) electrons. The Morgan fingerprint density at radius 3 is 2.61 bits per heavy atom. The molecular weight excluding hydrogens is 296 g/mol. The van der Waals surface area contributed by atoms with Gasteiger partial charge in [0.25, 0.3) is 0 Å². The molecule has 0 N–H and O–H groups in total. The van der Waals surface area contributed by atoms with Crippen LogP contribution in [0.1, 0.15) is 38.7 Å². The zero-order chi connectivity index (χ0) is 16.7. The molecule has 128 valence electrons. The van der Waals surface area contributed by atoms with Crippen molar-refractivity contribution >= 4 is 5.97 Å². The van der Waals surface area contributed by atoms with E-state index >= 15 is 0 Å². The van der Waals surface area contributed by atoms with Gasteiger partial charge in [0, 0.05) is 13.0 Å². The summed E-state index contributed by atoms with van der Waals surface area (Å²) >= 11 is 0. The quantitative estimate of drug-likeness (QED) is 0.570. The Labute approximate surface area is 137 Å². The first-order chi connectivity index (χ1) is 11.0. The Morgan fingerprint density at radius 2 is 1.91 bits per heavy atom. The zero-order valence-electron chi connectivity index (χ0n) is 14.1. The summed E-state index contributed by atoms with van der Waals surface area (Å²) < 4.78 is 22.1. The van der Waals surface area contributed by atoms with Crippen LogP contribution in [0.3, 0.4) is 0 Å². The third-order valence-electron chi connectivity index (χ3n) is 3.74. The SMILES string of the molecule is COC(=O)C[C@H]1C[C@@H](CCOCc2ccccc2)OC(C)(C)O1. The number of hydrogen-bond acceptors (Lipinski definition) is 5. The Hall–Kier alpha value is -1.43. The molecule has 0 aromatic heterocycles. The molecular formula is C18H26O5. The first kappa shape index (κ1) is 17.9. The Bertz CT molecular complexity index is 485. The van der Waals surface area contributed by atoms with Gasteiger partial charge in [-0.05, 0) is 25.8 Å². The summed E-state index contributed by atoms with van der Waals surface area (Å²) in [7, 11) is 1.39. The number of hydrogen-bond donors (Lipinski definition) is 0. The van der Waals surface area contributed by atoms with E-state index in [9.17, 15) is 4.79 Å². The number of methoxy groups -OCH3 is 1. The lowest BCUT2D eigenvalue weighted by Gasteiger charge is -2.40. The summed E-state index contributed by atoms with van der Waals surface area (Å²) in [6.45, 7) is 4.95. The summed E-state index contributed by atoms with van der Waals surface area (Å²) in [5.41, 5.74) is 1.16. The normalized spacial score (nSPS) is 23.4. The van der Waals surface area contributed by atoms with Gasteiger partial charge in [0.05, 0.1) is 32.3 Å². The van der Waals surface area contributed by atoms with Crippen molar-refractivity contribution in [1.29, 1.82) is 0 Å². The van der Waals surface area contributed by atoms with Gasteiger partial charge in [-0.15, -0.1) is 0 Å². The molecule has 0 amide bonds. The Balaban J connectivity index is 1.75. The molecule has 1 aliphatic heterocycles. The van der Waals surface area contributed by atoms with Crippen molar-refractivity contribution in [2.24, 2.45) is 0 Å². The highest BCUT2D eigenvalue weighted by atomic mass is 16.7. The maximum atomic E-state index is 11.4. The van der Waals surface area contributed by atoms with Crippen molar-refractivity contribution in [3.63, 3.8) is 0 Å². The maximum Gasteiger partial charge on any atom is 0.308 e. The monoisotopic (exact) mass is 322 g/mol. The number of carbonyl (C=O) groups excluding carboxylic acids is 1. The van der Waals surface area contributed by atoms with Gasteiger partial charge < -0.3 is 18.9 Å². The van der Waals surface area contributed by atoms with Crippen molar-refractivity contribution in [2.45, 2.75) is 57.7 Å². The van der Waals surface area contributed by atoms with Gasteiger partial charge in [0.1, 0.15) is 0 Å². The minimum absolute atomic E-state index is 0.0178. The molecule has 1 aliphatic rings. The van der Waals surface area contributed by atoms with Crippen LogP contribution in [-0.2, 0) is 30.3 Å². The van der Waals surface area contributed by atoms with Crippen LogP contribution >= 0.6 is 0 Å².